The molecule has 0 radical (unpaired) electrons. The van der Waals surface area contributed by atoms with Gasteiger partial charge in [0.15, 0.2) is 5.78 Å². The van der Waals surface area contributed by atoms with E-state index in [0.29, 0.717) is 11.1 Å². The normalized spacial score (nSPS) is 33.7. The number of ketones is 1. The summed E-state index contributed by atoms with van der Waals surface area (Å²) >= 11 is 1.43. The number of Topliss-reactive ketones (excluding diaryl/α,β-unsaturated/α-hetero) is 1. The maximum atomic E-state index is 14.7. The maximum absolute atomic E-state index is 14.7. The van der Waals surface area contributed by atoms with Crippen LogP contribution in [0.4, 0.5) is 4.79 Å². The fourth-order valence-electron chi connectivity index (χ4n) is 9.10. The average molecular weight is 768 g/mol. The predicted molar refractivity (Wildman–Crippen MR) is 196 cm³/mol. The number of fused-ring (bicyclic) bond motifs is 5. The van der Waals surface area contributed by atoms with Crippen molar-refractivity contribution in [3.8, 4) is 0 Å². The van der Waals surface area contributed by atoms with E-state index in [4.69, 9.17) is 23.7 Å². The monoisotopic (exact) mass is 767 g/mol. The van der Waals surface area contributed by atoms with Crippen LogP contribution < -0.4 is 5.32 Å². The highest BCUT2D eigenvalue weighted by Gasteiger charge is 2.72. The van der Waals surface area contributed by atoms with Crippen LogP contribution in [0.25, 0.3) is 0 Å². The van der Waals surface area contributed by atoms with Crippen LogP contribution in [-0.2, 0) is 33.3 Å². The molecule has 6 rings (SSSR count). The van der Waals surface area contributed by atoms with E-state index in [0.717, 1.165) is 7.11 Å². The number of benzene rings is 2. The molecular weight excluding hydrogens is 719 g/mol. The van der Waals surface area contributed by atoms with Gasteiger partial charge in [-0.1, -0.05) is 62.4 Å². The molecule has 2 aromatic rings. The predicted octanol–water partition coefficient (Wildman–Crippen LogP) is 3.89. The second-order valence-corrected chi connectivity index (χ2v) is 16.3. The molecule has 2 bridgehead atoms. The van der Waals surface area contributed by atoms with Gasteiger partial charge < -0.3 is 44.3 Å². The molecule has 14 heteroatoms. The van der Waals surface area contributed by atoms with Gasteiger partial charge in [-0.2, -0.15) is 0 Å². The Hall–Kier alpha value is -3.79. The second-order valence-electron chi connectivity index (χ2n) is 15.5. The second kappa shape index (κ2) is 15.0. The van der Waals surface area contributed by atoms with Gasteiger partial charge in [0, 0.05) is 29.7 Å². The molecule has 1 saturated heterocycles. The van der Waals surface area contributed by atoms with E-state index in [9.17, 15) is 34.5 Å². The zero-order valence-corrected chi connectivity index (χ0v) is 32.1. The molecule has 1 amide bonds. The summed E-state index contributed by atoms with van der Waals surface area (Å²) in [5.41, 5.74) is -4.67. The van der Waals surface area contributed by atoms with Gasteiger partial charge in [0.1, 0.15) is 23.9 Å². The zero-order chi connectivity index (χ0) is 39.2. The number of amides is 1. The summed E-state index contributed by atoms with van der Waals surface area (Å²) < 4.78 is 28.4. The average Bonchev–Trinajstić information content (AvgIpc) is 3.15. The highest BCUT2D eigenvalue weighted by molar-refractivity contribution is 7.98. The molecule has 1 heterocycles. The van der Waals surface area contributed by atoms with Crippen LogP contribution in [0.5, 0.6) is 0 Å². The third-order valence-corrected chi connectivity index (χ3v) is 12.8. The van der Waals surface area contributed by atoms with E-state index in [1.165, 1.54) is 11.8 Å². The quantitative estimate of drug-likeness (QED) is 0.155. The maximum Gasteiger partial charge on any atom is 0.508 e. The third-order valence-electron chi connectivity index (χ3n) is 12.4. The first-order chi connectivity index (χ1) is 25.5. The Labute approximate surface area is 318 Å². The van der Waals surface area contributed by atoms with E-state index in [-0.39, 0.29) is 42.9 Å². The van der Waals surface area contributed by atoms with Gasteiger partial charge in [-0.3, -0.25) is 9.59 Å². The lowest BCUT2D eigenvalue weighted by molar-refractivity contribution is -0.326. The van der Waals surface area contributed by atoms with E-state index < -0.39 is 88.3 Å². The minimum Gasteiger partial charge on any atom is -0.455 e. The van der Waals surface area contributed by atoms with Gasteiger partial charge >= 0.3 is 12.1 Å². The molecule has 3 fully saturated rings. The molecular formula is C40H49NO12S. The van der Waals surface area contributed by atoms with Crippen LogP contribution in [0.1, 0.15) is 68.9 Å². The Kier molecular flexibility index (Phi) is 11.1. The summed E-state index contributed by atoms with van der Waals surface area (Å²) in [6, 6.07) is 15.5. The Morgan fingerprint density at radius 2 is 1.67 bits per heavy atom. The largest absolute Gasteiger partial charge is 0.508 e. The highest BCUT2D eigenvalue weighted by Crippen LogP contribution is 2.63. The smallest absolute Gasteiger partial charge is 0.455 e. The molecule has 3 aliphatic carbocycles. The van der Waals surface area contributed by atoms with Gasteiger partial charge in [0.05, 0.1) is 42.9 Å². The first-order valence-corrected chi connectivity index (χ1v) is 19.4. The van der Waals surface area contributed by atoms with Gasteiger partial charge in [0.25, 0.3) is 5.91 Å². The summed E-state index contributed by atoms with van der Waals surface area (Å²) in [4.78, 5) is 55.2. The first-order valence-electron chi connectivity index (χ1n) is 18.0. The molecule has 2 saturated carbocycles. The minimum absolute atomic E-state index is 0.0602. The van der Waals surface area contributed by atoms with Gasteiger partial charge in [0.2, 0.25) is 6.10 Å². The van der Waals surface area contributed by atoms with Crippen LogP contribution >= 0.6 is 11.8 Å². The molecule has 0 aromatic heterocycles. The molecule has 4 aliphatic rings. The summed E-state index contributed by atoms with van der Waals surface area (Å²) in [6.45, 7) is 6.70. The molecule has 2 aromatic carbocycles. The van der Waals surface area contributed by atoms with E-state index in [1.54, 1.807) is 88.4 Å². The number of hydrogen-bond acceptors (Lipinski definition) is 13. The number of nitrogens with one attached hydrogen (secondary N) is 1. The number of rotatable bonds is 10. The number of aliphatic hydroxyl groups excluding tert-OH is 1. The Morgan fingerprint density at radius 3 is 2.26 bits per heavy atom. The van der Waals surface area contributed by atoms with Crippen molar-refractivity contribution in [3.05, 3.63) is 82.9 Å². The van der Waals surface area contributed by atoms with Crippen molar-refractivity contribution in [1.29, 1.82) is 0 Å². The molecule has 54 heavy (non-hydrogen) atoms. The molecule has 0 spiro atoms. The minimum atomic E-state index is -1.78. The highest BCUT2D eigenvalue weighted by atomic mass is 32.2. The van der Waals surface area contributed by atoms with Crippen LogP contribution in [0.3, 0.4) is 0 Å². The lowest BCUT2D eigenvalue weighted by atomic mass is 9.46. The van der Waals surface area contributed by atoms with E-state index in [2.05, 4.69) is 5.32 Å². The molecule has 1 aliphatic heterocycles. The molecule has 4 N–H and O–H groups in total. The summed E-state index contributed by atoms with van der Waals surface area (Å²) in [7, 11) is 1.07. The van der Waals surface area contributed by atoms with E-state index in [1.807, 2.05) is 6.26 Å². The lowest BCUT2D eigenvalue weighted by Gasteiger charge is -2.65. The first kappa shape index (κ1) is 39.9. The van der Waals surface area contributed by atoms with E-state index >= 15 is 0 Å². The summed E-state index contributed by atoms with van der Waals surface area (Å²) in [6.07, 6.45) is -5.56. The van der Waals surface area contributed by atoms with Gasteiger partial charge in [-0.15, -0.1) is 11.8 Å². The van der Waals surface area contributed by atoms with Crippen molar-refractivity contribution in [2.45, 2.75) is 94.7 Å². The number of ether oxygens (including phenoxy) is 5. The zero-order valence-electron chi connectivity index (χ0n) is 31.3. The summed E-state index contributed by atoms with van der Waals surface area (Å²) in [5.74, 6) is -2.85. The van der Waals surface area contributed by atoms with Crippen molar-refractivity contribution < 1.29 is 58.2 Å². The van der Waals surface area contributed by atoms with Crippen molar-refractivity contribution in [1.82, 2.24) is 5.32 Å². The number of hydrogen-bond donors (Lipinski definition) is 4. The van der Waals surface area contributed by atoms with Crippen LogP contribution in [0, 0.1) is 16.7 Å². The third kappa shape index (κ3) is 6.64. The van der Waals surface area contributed by atoms with Crippen molar-refractivity contribution in [2.75, 3.05) is 25.9 Å². The van der Waals surface area contributed by atoms with Gasteiger partial charge in [-0.25, -0.2) is 9.59 Å². The topological polar surface area (TPSA) is 187 Å². The van der Waals surface area contributed by atoms with Gasteiger partial charge in [-0.05, 0) is 55.4 Å². The molecule has 8 unspecified atom stereocenters. The summed E-state index contributed by atoms with van der Waals surface area (Å²) in [5, 5.41) is 39.8. The number of carbonyl (C=O) groups excluding carboxylic acids is 4. The fourth-order valence-corrected chi connectivity index (χ4v) is 9.40. The van der Waals surface area contributed by atoms with Crippen LogP contribution in [0.15, 0.2) is 71.8 Å². The fraction of sp³-hybridized carbons (Fsp3) is 0.550. The number of esters is 1. The SMILES string of the molecule is COC(=O)OC(C(=O)OC1CC2(O)CC3[C@]4(O)COC4CC(OCSC)[C@@]3(C)C(=O)C(O)C(=C1C)C2(C)C)C(NC(=O)c1ccccc1)c1ccccc1. The Bertz CT molecular complexity index is 1790. The van der Waals surface area contributed by atoms with Crippen LogP contribution in [-0.4, -0.2) is 107 Å². The number of thioether (sulfide) groups is 1. The van der Waals surface area contributed by atoms with Crippen LogP contribution in [0.2, 0.25) is 0 Å². The number of carbonyl (C=O) groups is 4. The molecule has 10 atom stereocenters. The molecule has 13 nitrogen and oxygen atoms in total. The number of aliphatic hydroxyl groups is 3. The van der Waals surface area contributed by atoms with Crippen molar-refractivity contribution in [3.63, 3.8) is 0 Å². The molecule has 292 valence electrons. The lowest BCUT2D eigenvalue weighted by Crippen LogP contribution is -2.76. The standard InChI is InChI=1S/C40H49NO12S/c1-22-25(52-35(45)32(53-36(46)49-5)30(23-13-9-7-10-14-23)41-34(44)24-15-11-8-12-16-24)18-39(47)19-26-38(4,33(43)31(42)29(22)37(39,2)3)27(51-21-54-6)17-28-40(26,48)20-50-28/h7-16,25-28,30-32,42,47-48H,17-21H2,1-6H3,(H,41,44)/t25?,26?,27?,28?,30?,31?,32?,38-,39?,40+/m0/s1. The number of methoxy groups -OCH3 is 1. The Morgan fingerprint density at radius 1 is 1.02 bits per heavy atom. The Balaban J connectivity index is 1.40. The van der Waals surface area contributed by atoms with Crippen molar-refractivity contribution >= 4 is 35.6 Å². The van der Waals surface area contributed by atoms with Crippen molar-refractivity contribution in [2.24, 2.45) is 16.7 Å².